The summed E-state index contributed by atoms with van der Waals surface area (Å²) in [5.74, 6) is 0. The third-order valence-corrected chi connectivity index (χ3v) is 1.70. The molecular weight excluding hydrogens is 289 g/mol. The van der Waals surface area contributed by atoms with Gasteiger partial charge in [-0.2, -0.15) is 0 Å². The summed E-state index contributed by atoms with van der Waals surface area (Å²) < 4.78 is 5.05. The topological polar surface area (TPSA) is 9.23 Å². The Balaban J connectivity index is 3.06. The van der Waals surface area contributed by atoms with Gasteiger partial charge in [0.2, 0.25) is 0 Å². The second-order valence-electron chi connectivity index (χ2n) is 1.85. The fourth-order valence-corrected chi connectivity index (χ4v) is 1.69. The van der Waals surface area contributed by atoms with E-state index in [9.17, 15) is 0 Å². The van der Waals surface area contributed by atoms with Gasteiger partial charge in [0.15, 0.2) is 0 Å². The Kier molecular flexibility index (Phi) is 6.22. The van der Waals surface area contributed by atoms with Crippen LogP contribution in [0.2, 0.25) is 0 Å². The van der Waals surface area contributed by atoms with Crippen LogP contribution >= 0.6 is 0 Å². The summed E-state index contributed by atoms with van der Waals surface area (Å²) in [6.07, 6.45) is 2.31. The van der Waals surface area contributed by atoms with E-state index >= 15 is 0 Å². The Morgan fingerprint density at radius 3 is 2.75 bits per heavy atom. The summed E-state index contributed by atoms with van der Waals surface area (Å²) in [6, 6.07) is 0. The minimum atomic E-state index is 0.488. The third kappa shape index (κ3) is 4.79. The van der Waals surface area contributed by atoms with Crippen molar-refractivity contribution in [1.29, 1.82) is 0 Å². The van der Waals surface area contributed by atoms with Crippen LogP contribution in [0.15, 0.2) is 12.2 Å². The van der Waals surface area contributed by atoms with Gasteiger partial charge in [-0.15, -0.1) is 0 Å². The van der Waals surface area contributed by atoms with Crippen molar-refractivity contribution in [3.8, 4) is 0 Å². The molecule has 1 nitrogen and oxygen atoms in total. The first kappa shape index (κ1) is 8.64. The maximum absolute atomic E-state index is 5.05. The van der Waals surface area contributed by atoms with E-state index in [1.807, 2.05) is 0 Å². The summed E-state index contributed by atoms with van der Waals surface area (Å²) in [5, 5.41) is 0. The van der Waals surface area contributed by atoms with Crippen molar-refractivity contribution >= 4 is 0 Å². The second-order valence-corrected chi connectivity index (χ2v) is 3.44. The maximum atomic E-state index is 5.05. The standard InChI is InChI=1S/C6H11O.Hg/c1-3-4-6(2)5-7;/h2-5H2,1H3;/q-1;+1. The molecule has 0 unspecified atom stereocenters. The fourth-order valence-electron chi connectivity index (χ4n) is 0.570. The number of hydrogen-bond acceptors (Lipinski definition) is 1. The van der Waals surface area contributed by atoms with Crippen LogP contribution in [0.1, 0.15) is 19.8 Å². The average Bonchev–Trinajstić information content (AvgIpc) is 1.68. The molecule has 0 fully saturated rings. The van der Waals surface area contributed by atoms with Crippen LogP contribution < -0.4 is 0 Å². The van der Waals surface area contributed by atoms with E-state index in [2.05, 4.69) is 13.5 Å². The monoisotopic (exact) mass is 301 g/mol. The van der Waals surface area contributed by atoms with E-state index in [4.69, 9.17) is 2.64 Å². The molecule has 0 heterocycles. The van der Waals surface area contributed by atoms with Crippen molar-refractivity contribution in [2.24, 2.45) is 0 Å². The van der Waals surface area contributed by atoms with Crippen LogP contribution in [0.4, 0.5) is 0 Å². The SMILES string of the molecule is C=C(CCC)C[O][Hg]. The molecule has 43 valence electrons. The van der Waals surface area contributed by atoms with Gasteiger partial charge in [0.1, 0.15) is 0 Å². The summed E-state index contributed by atoms with van der Waals surface area (Å²) in [6.45, 7) is 6.80. The molecule has 0 atom stereocenters. The van der Waals surface area contributed by atoms with Crippen molar-refractivity contribution in [2.75, 3.05) is 6.61 Å². The van der Waals surface area contributed by atoms with Gasteiger partial charge in [-0.3, -0.25) is 0 Å². The van der Waals surface area contributed by atoms with Crippen LogP contribution in [0.3, 0.4) is 0 Å². The Morgan fingerprint density at radius 1 is 1.75 bits per heavy atom. The molecule has 0 aliphatic carbocycles. The van der Waals surface area contributed by atoms with Crippen molar-refractivity contribution < 1.29 is 29.2 Å². The molecule has 0 saturated carbocycles. The van der Waals surface area contributed by atoms with Crippen LogP contribution in [0.25, 0.3) is 0 Å². The molecule has 0 saturated heterocycles. The molecule has 0 radical (unpaired) electrons. The van der Waals surface area contributed by atoms with Gasteiger partial charge in [0.05, 0.1) is 0 Å². The van der Waals surface area contributed by atoms with E-state index in [1.165, 1.54) is 12.0 Å². The first-order chi connectivity index (χ1) is 3.81. The molecule has 0 aromatic carbocycles. The minimum absolute atomic E-state index is 0.488. The van der Waals surface area contributed by atoms with Gasteiger partial charge < -0.3 is 0 Å². The van der Waals surface area contributed by atoms with Crippen molar-refractivity contribution in [1.82, 2.24) is 0 Å². The molecule has 0 bridgehead atoms. The van der Waals surface area contributed by atoms with Gasteiger partial charge in [-0.1, -0.05) is 0 Å². The molecule has 0 aliphatic rings. The van der Waals surface area contributed by atoms with Crippen molar-refractivity contribution in [3.05, 3.63) is 12.2 Å². The molecule has 8 heavy (non-hydrogen) atoms. The van der Waals surface area contributed by atoms with Crippen molar-refractivity contribution in [2.45, 2.75) is 19.8 Å². The van der Waals surface area contributed by atoms with Gasteiger partial charge >= 0.3 is 67.7 Å². The second kappa shape index (κ2) is 5.77. The van der Waals surface area contributed by atoms with Crippen molar-refractivity contribution in [3.63, 3.8) is 0 Å². The van der Waals surface area contributed by atoms with E-state index in [1.54, 1.807) is 0 Å². The zero-order valence-corrected chi connectivity index (χ0v) is 10.9. The molecule has 0 rings (SSSR count). The van der Waals surface area contributed by atoms with Crippen LogP contribution in [-0.2, 0) is 29.2 Å². The molecule has 2 heteroatoms. The van der Waals surface area contributed by atoms with Gasteiger partial charge in [0.25, 0.3) is 0 Å². The molecule has 0 aromatic rings. The summed E-state index contributed by atoms with van der Waals surface area (Å²) in [7, 11) is 0. The first-order valence-electron chi connectivity index (χ1n) is 2.85. The Labute approximate surface area is 67.7 Å². The average molecular weight is 300 g/mol. The Hall–Kier alpha value is 0.635. The van der Waals surface area contributed by atoms with Gasteiger partial charge in [-0.05, 0) is 0 Å². The van der Waals surface area contributed by atoms with E-state index < -0.39 is 0 Å². The molecule has 0 aliphatic heterocycles. The Bertz CT molecular complexity index is 62.9. The predicted molar refractivity (Wildman–Crippen MR) is 30.0 cm³/mol. The van der Waals surface area contributed by atoms with Gasteiger partial charge in [-0.25, -0.2) is 0 Å². The Morgan fingerprint density at radius 2 is 2.38 bits per heavy atom. The molecule has 0 N–H and O–H groups in total. The fraction of sp³-hybridized carbons (Fsp3) is 0.667. The molecule has 0 aromatic heterocycles. The summed E-state index contributed by atoms with van der Waals surface area (Å²) >= 11 is 0.488. The number of rotatable bonds is 4. The summed E-state index contributed by atoms with van der Waals surface area (Å²) in [5.41, 5.74) is 1.24. The quantitative estimate of drug-likeness (QED) is 0.568. The molecule has 0 spiro atoms. The third-order valence-electron chi connectivity index (χ3n) is 0.910. The van der Waals surface area contributed by atoms with E-state index in [-0.39, 0.29) is 0 Å². The predicted octanol–water partition coefficient (Wildman–Crippen LogP) is 1.82. The number of hydrogen-bond donors (Lipinski definition) is 0. The first-order valence-corrected chi connectivity index (χ1v) is 5.09. The molecular formula is C6H11HgO. The van der Waals surface area contributed by atoms with Crippen LogP contribution in [0.5, 0.6) is 0 Å². The van der Waals surface area contributed by atoms with Crippen LogP contribution in [-0.4, -0.2) is 6.61 Å². The van der Waals surface area contributed by atoms with E-state index in [0.29, 0.717) is 26.6 Å². The van der Waals surface area contributed by atoms with Gasteiger partial charge in [0, 0.05) is 0 Å². The van der Waals surface area contributed by atoms with E-state index in [0.717, 1.165) is 13.0 Å². The summed E-state index contributed by atoms with van der Waals surface area (Å²) in [4.78, 5) is 0. The van der Waals surface area contributed by atoms with Crippen LogP contribution in [0, 0.1) is 0 Å². The zero-order valence-electron chi connectivity index (χ0n) is 5.44. The molecule has 0 amide bonds. The normalized spacial score (nSPS) is 9.38. The zero-order chi connectivity index (χ0) is 6.41.